The standard InChI is InChI=1S/C8H19NO/c1-4-8(10)9-6-5-7(2)3/h7-10H,4-6H2,1-3H3. The van der Waals surface area contributed by atoms with Crippen molar-refractivity contribution in [3.8, 4) is 0 Å². The summed E-state index contributed by atoms with van der Waals surface area (Å²) < 4.78 is 0. The molecule has 1 unspecified atom stereocenters. The summed E-state index contributed by atoms with van der Waals surface area (Å²) in [4.78, 5) is 0. The Balaban J connectivity index is 3.03. The normalized spacial score (nSPS) is 14.1. The first-order chi connectivity index (χ1) is 4.66. The van der Waals surface area contributed by atoms with Crippen LogP contribution in [-0.4, -0.2) is 17.9 Å². The van der Waals surface area contributed by atoms with Gasteiger partial charge in [0.15, 0.2) is 0 Å². The van der Waals surface area contributed by atoms with E-state index < -0.39 is 0 Å². The van der Waals surface area contributed by atoms with Crippen LogP contribution in [0.15, 0.2) is 0 Å². The van der Waals surface area contributed by atoms with Gasteiger partial charge in [0.1, 0.15) is 6.23 Å². The lowest BCUT2D eigenvalue weighted by Crippen LogP contribution is -2.29. The molecule has 0 spiro atoms. The number of aliphatic hydroxyl groups excluding tert-OH is 1. The smallest absolute Gasteiger partial charge is 0.104 e. The predicted octanol–water partition coefficient (Wildman–Crippen LogP) is 1.35. The molecule has 0 saturated carbocycles. The van der Waals surface area contributed by atoms with Crippen LogP contribution in [0, 0.1) is 5.92 Å². The lowest BCUT2D eigenvalue weighted by Gasteiger charge is -2.10. The third kappa shape index (κ3) is 6.05. The largest absolute Gasteiger partial charge is 0.379 e. The molecule has 0 aliphatic carbocycles. The first-order valence-electron chi connectivity index (χ1n) is 4.08. The van der Waals surface area contributed by atoms with Crippen LogP contribution in [0.1, 0.15) is 33.6 Å². The molecular formula is C8H19NO. The van der Waals surface area contributed by atoms with Gasteiger partial charge in [-0.1, -0.05) is 20.8 Å². The number of aliphatic hydroxyl groups is 1. The Morgan fingerprint density at radius 2 is 2.00 bits per heavy atom. The minimum Gasteiger partial charge on any atom is -0.379 e. The van der Waals surface area contributed by atoms with Crippen molar-refractivity contribution in [2.45, 2.75) is 39.8 Å². The number of nitrogens with one attached hydrogen (secondary N) is 1. The molecule has 0 aromatic heterocycles. The second-order valence-corrected chi connectivity index (χ2v) is 3.06. The fourth-order valence-corrected chi connectivity index (χ4v) is 0.683. The second kappa shape index (κ2) is 5.69. The molecule has 2 heteroatoms. The Morgan fingerprint density at radius 1 is 1.40 bits per heavy atom. The molecule has 0 aromatic carbocycles. The zero-order valence-corrected chi connectivity index (χ0v) is 7.22. The summed E-state index contributed by atoms with van der Waals surface area (Å²) in [7, 11) is 0. The second-order valence-electron chi connectivity index (χ2n) is 3.06. The summed E-state index contributed by atoms with van der Waals surface area (Å²) in [5.41, 5.74) is 0. The summed E-state index contributed by atoms with van der Waals surface area (Å²) in [5, 5.41) is 12.1. The summed E-state index contributed by atoms with van der Waals surface area (Å²) in [6.07, 6.45) is 1.62. The molecule has 1 atom stereocenters. The van der Waals surface area contributed by atoms with E-state index >= 15 is 0 Å². The van der Waals surface area contributed by atoms with E-state index in [-0.39, 0.29) is 6.23 Å². The fraction of sp³-hybridized carbons (Fsp3) is 1.00. The molecule has 0 aromatic rings. The summed E-state index contributed by atoms with van der Waals surface area (Å²) in [6.45, 7) is 7.25. The number of hydrogen-bond acceptors (Lipinski definition) is 2. The third-order valence-electron chi connectivity index (χ3n) is 1.49. The van der Waals surface area contributed by atoms with Gasteiger partial charge >= 0.3 is 0 Å². The Kier molecular flexibility index (Phi) is 5.64. The van der Waals surface area contributed by atoms with Gasteiger partial charge in [-0.2, -0.15) is 0 Å². The van der Waals surface area contributed by atoms with Gasteiger partial charge in [0.05, 0.1) is 0 Å². The topological polar surface area (TPSA) is 32.3 Å². The zero-order valence-electron chi connectivity index (χ0n) is 7.22. The van der Waals surface area contributed by atoms with Crippen LogP contribution in [0.25, 0.3) is 0 Å². The van der Waals surface area contributed by atoms with Gasteiger partial charge in [-0.25, -0.2) is 0 Å². The van der Waals surface area contributed by atoms with Gasteiger partial charge in [-0.15, -0.1) is 0 Å². The van der Waals surface area contributed by atoms with Crippen LogP contribution in [0.2, 0.25) is 0 Å². The van der Waals surface area contributed by atoms with Crippen LogP contribution in [0.3, 0.4) is 0 Å². The van der Waals surface area contributed by atoms with Crippen molar-refractivity contribution in [2.24, 2.45) is 5.92 Å². The monoisotopic (exact) mass is 145 g/mol. The van der Waals surface area contributed by atoms with Crippen molar-refractivity contribution in [3.63, 3.8) is 0 Å². The van der Waals surface area contributed by atoms with Crippen LogP contribution in [0.5, 0.6) is 0 Å². The molecule has 0 aliphatic rings. The zero-order chi connectivity index (χ0) is 7.98. The van der Waals surface area contributed by atoms with Crippen molar-refractivity contribution < 1.29 is 5.11 Å². The first-order valence-corrected chi connectivity index (χ1v) is 4.08. The van der Waals surface area contributed by atoms with Crippen molar-refractivity contribution in [3.05, 3.63) is 0 Å². The molecule has 2 nitrogen and oxygen atoms in total. The summed E-state index contributed by atoms with van der Waals surface area (Å²) >= 11 is 0. The van der Waals surface area contributed by atoms with E-state index in [1.807, 2.05) is 6.92 Å². The summed E-state index contributed by atoms with van der Waals surface area (Å²) in [6, 6.07) is 0. The molecular weight excluding hydrogens is 126 g/mol. The molecule has 0 fully saturated rings. The molecule has 10 heavy (non-hydrogen) atoms. The fourth-order valence-electron chi connectivity index (χ4n) is 0.683. The minimum absolute atomic E-state index is 0.307. The quantitative estimate of drug-likeness (QED) is 0.572. The Bertz CT molecular complexity index is 73.7. The molecule has 0 heterocycles. The maximum atomic E-state index is 9.06. The highest BCUT2D eigenvalue weighted by Gasteiger charge is 1.98. The van der Waals surface area contributed by atoms with Crippen molar-refractivity contribution in [1.29, 1.82) is 0 Å². The minimum atomic E-state index is -0.307. The Labute approximate surface area is 63.6 Å². The van der Waals surface area contributed by atoms with E-state index in [0.717, 1.165) is 25.3 Å². The van der Waals surface area contributed by atoms with E-state index in [4.69, 9.17) is 5.11 Å². The molecule has 0 aliphatic heterocycles. The average Bonchev–Trinajstić information content (AvgIpc) is 1.87. The van der Waals surface area contributed by atoms with Gasteiger partial charge in [0.25, 0.3) is 0 Å². The maximum Gasteiger partial charge on any atom is 0.104 e. The maximum absolute atomic E-state index is 9.06. The van der Waals surface area contributed by atoms with Crippen molar-refractivity contribution in [1.82, 2.24) is 5.32 Å². The highest BCUT2D eigenvalue weighted by atomic mass is 16.3. The van der Waals surface area contributed by atoms with E-state index in [9.17, 15) is 0 Å². The summed E-state index contributed by atoms with van der Waals surface area (Å²) in [5.74, 6) is 0.719. The first kappa shape index (κ1) is 9.92. The van der Waals surface area contributed by atoms with Gasteiger partial charge in [0.2, 0.25) is 0 Å². The molecule has 0 bridgehead atoms. The third-order valence-corrected chi connectivity index (χ3v) is 1.49. The van der Waals surface area contributed by atoms with Crippen LogP contribution in [0.4, 0.5) is 0 Å². The lowest BCUT2D eigenvalue weighted by atomic mass is 10.1. The van der Waals surface area contributed by atoms with Gasteiger partial charge < -0.3 is 5.11 Å². The SMILES string of the molecule is CCC(O)NCCC(C)C. The van der Waals surface area contributed by atoms with E-state index in [1.54, 1.807) is 0 Å². The van der Waals surface area contributed by atoms with E-state index in [1.165, 1.54) is 0 Å². The predicted molar refractivity (Wildman–Crippen MR) is 43.8 cm³/mol. The van der Waals surface area contributed by atoms with Gasteiger partial charge in [-0.05, 0) is 25.3 Å². The highest BCUT2D eigenvalue weighted by Crippen LogP contribution is 1.96. The van der Waals surface area contributed by atoms with Crippen LogP contribution in [-0.2, 0) is 0 Å². The number of rotatable bonds is 5. The molecule has 62 valence electrons. The van der Waals surface area contributed by atoms with Gasteiger partial charge in [0, 0.05) is 0 Å². The van der Waals surface area contributed by atoms with Gasteiger partial charge in [-0.3, -0.25) is 5.32 Å². The highest BCUT2D eigenvalue weighted by molar-refractivity contribution is 4.52. The lowest BCUT2D eigenvalue weighted by molar-refractivity contribution is 0.131. The van der Waals surface area contributed by atoms with Crippen molar-refractivity contribution >= 4 is 0 Å². The molecule has 2 N–H and O–H groups in total. The molecule has 0 rings (SSSR count). The van der Waals surface area contributed by atoms with Crippen LogP contribution < -0.4 is 5.32 Å². The Hall–Kier alpha value is -0.0800. The van der Waals surface area contributed by atoms with Crippen LogP contribution >= 0.6 is 0 Å². The van der Waals surface area contributed by atoms with Crippen molar-refractivity contribution in [2.75, 3.05) is 6.54 Å². The average molecular weight is 145 g/mol. The van der Waals surface area contributed by atoms with E-state index in [0.29, 0.717) is 0 Å². The molecule has 0 radical (unpaired) electrons. The molecule has 0 saturated heterocycles. The van der Waals surface area contributed by atoms with E-state index in [2.05, 4.69) is 19.2 Å². The Morgan fingerprint density at radius 3 is 2.40 bits per heavy atom. The molecule has 0 amide bonds. The number of hydrogen-bond donors (Lipinski definition) is 2.